The van der Waals surface area contributed by atoms with Crippen LogP contribution in [0.5, 0.6) is 0 Å². The van der Waals surface area contributed by atoms with E-state index in [4.69, 9.17) is 9.72 Å². The third-order valence-electron chi connectivity index (χ3n) is 5.02. The smallest absolute Gasteiger partial charge is 0.254 e. The zero-order valence-corrected chi connectivity index (χ0v) is 17.9. The van der Waals surface area contributed by atoms with Crippen molar-refractivity contribution in [3.63, 3.8) is 0 Å². The van der Waals surface area contributed by atoms with Crippen LogP contribution in [0, 0.1) is 6.92 Å². The minimum atomic E-state index is 0.0291. The molecule has 4 rings (SSSR count). The Morgan fingerprint density at radius 3 is 2.57 bits per heavy atom. The number of hydrogen-bond acceptors (Lipinski definition) is 3. The Kier molecular flexibility index (Phi) is 5.21. The molecule has 1 aliphatic rings. The van der Waals surface area contributed by atoms with Gasteiger partial charge in [-0.15, -0.1) is 0 Å². The van der Waals surface area contributed by atoms with Gasteiger partial charge in [-0.05, 0) is 51.1 Å². The van der Waals surface area contributed by atoms with Gasteiger partial charge in [0.2, 0.25) is 0 Å². The third kappa shape index (κ3) is 3.82. The fourth-order valence-electron chi connectivity index (χ4n) is 3.84. The van der Waals surface area contributed by atoms with Crippen molar-refractivity contribution in [2.45, 2.75) is 33.0 Å². The van der Waals surface area contributed by atoms with E-state index in [0.29, 0.717) is 18.7 Å². The summed E-state index contributed by atoms with van der Waals surface area (Å²) in [5.74, 6) is 0.0291. The summed E-state index contributed by atoms with van der Waals surface area (Å²) in [5, 5.41) is 0.863. The molecule has 144 valence electrons. The summed E-state index contributed by atoms with van der Waals surface area (Å²) < 4.78 is 6.73. The summed E-state index contributed by atoms with van der Waals surface area (Å²) in [7, 11) is 0. The molecule has 1 amide bonds. The molecular weight excluding hydrogens is 416 g/mol. The summed E-state index contributed by atoms with van der Waals surface area (Å²) in [6.07, 6.45) is 0.0626. The number of carbonyl (C=O) groups is 1. The van der Waals surface area contributed by atoms with E-state index in [2.05, 4.69) is 35.0 Å². The van der Waals surface area contributed by atoms with E-state index in [9.17, 15) is 4.79 Å². The molecule has 0 saturated carbocycles. The molecule has 2 unspecified atom stereocenters. The molecule has 0 radical (unpaired) electrons. The number of amides is 1. The van der Waals surface area contributed by atoms with Crippen LogP contribution in [-0.2, 0) is 4.74 Å². The Morgan fingerprint density at radius 2 is 1.86 bits per heavy atom. The van der Waals surface area contributed by atoms with Gasteiger partial charge in [0, 0.05) is 28.5 Å². The first-order valence-corrected chi connectivity index (χ1v) is 10.3. The van der Waals surface area contributed by atoms with Crippen LogP contribution < -0.4 is 0 Å². The Bertz CT molecular complexity index is 1040. The number of ether oxygens (including phenoxy) is 1. The van der Waals surface area contributed by atoms with Gasteiger partial charge in [-0.1, -0.05) is 39.7 Å². The quantitative estimate of drug-likeness (QED) is 0.550. The maximum atomic E-state index is 13.5. The number of fused-ring (bicyclic) bond motifs is 1. The maximum absolute atomic E-state index is 13.5. The van der Waals surface area contributed by atoms with Crippen molar-refractivity contribution in [3.05, 3.63) is 64.1 Å². The first-order valence-electron chi connectivity index (χ1n) is 9.53. The molecule has 0 N–H and O–H groups in total. The Balaban J connectivity index is 1.85. The van der Waals surface area contributed by atoms with Gasteiger partial charge in [-0.2, -0.15) is 0 Å². The number of nitrogens with zero attached hydrogens (tertiary/aromatic N) is 2. The molecule has 5 heteroatoms. The van der Waals surface area contributed by atoms with Crippen molar-refractivity contribution in [2.24, 2.45) is 0 Å². The number of halogens is 1. The second-order valence-corrected chi connectivity index (χ2v) is 8.47. The number of aryl methyl sites for hydroxylation is 1. The zero-order chi connectivity index (χ0) is 19.8. The first kappa shape index (κ1) is 19.1. The van der Waals surface area contributed by atoms with Crippen LogP contribution in [0.2, 0.25) is 0 Å². The Labute approximate surface area is 173 Å². The van der Waals surface area contributed by atoms with Crippen LogP contribution in [0.1, 0.15) is 29.8 Å². The molecule has 0 bridgehead atoms. The fraction of sp³-hybridized carbons (Fsp3) is 0.304. The SMILES string of the molecule is Cc1cccc(-c2cc(C(=O)N3CC(C)OC(C)C3)c3cc(Br)ccc3n2)c1. The molecule has 1 saturated heterocycles. The van der Waals surface area contributed by atoms with Crippen molar-refractivity contribution in [3.8, 4) is 11.3 Å². The Hall–Kier alpha value is -2.24. The van der Waals surface area contributed by atoms with Gasteiger partial charge in [0.1, 0.15) is 0 Å². The highest BCUT2D eigenvalue weighted by atomic mass is 79.9. The number of pyridine rings is 1. The van der Waals surface area contributed by atoms with Crippen molar-refractivity contribution in [2.75, 3.05) is 13.1 Å². The van der Waals surface area contributed by atoms with E-state index in [1.807, 2.05) is 55.1 Å². The van der Waals surface area contributed by atoms with E-state index < -0.39 is 0 Å². The highest BCUT2D eigenvalue weighted by Crippen LogP contribution is 2.29. The van der Waals surface area contributed by atoms with Gasteiger partial charge >= 0.3 is 0 Å². The van der Waals surface area contributed by atoms with Gasteiger partial charge in [0.25, 0.3) is 5.91 Å². The molecule has 3 aromatic rings. The van der Waals surface area contributed by atoms with Gasteiger partial charge in [-0.25, -0.2) is 4.98 Å². The second-order valence-electron chi connectivity index (χ2n) is 7.55. The molecular formula is C23H23BrN2O2. The van der Waals surface area contributed by atoms with Gasteiger partial charge in [-0.3, -0.25) is 4.79 Å². The molecule has 1 aliphatic heterocycles. The van der Waals surface area contributed by atoms with Crippen molar-refractivity contribution in [1.29, 1.82) is 0 Å². The summed E-state index contributed by atoms with van der Waals surface area (Å²) in [4.78, 5) is 20.2. The molecule has 1 aromatic heterocycles. The number of aromatic nitrogens is 1. The number of hydrogen-bond donors (Lipinski definition) is 0. The normalized spacial score (nSPS) is 19.8. The standard InChI is InChI=1S/C23H23BrN2O2/c1-14-5-4-6-17(9-14)22-11-20(19-10-18(24)7-8-21(19)25-22)23(27)26-12-15(2)28-16(3)13-26/h4-11,15-16H,12-13H2,1-3H3. The molecule has 2 atom stereocenters. The molecule has 1 fully saturated rings. The van der Waals surface area contributed by atoms with Crippen molar-refractivity contribution >= 4 is 32.7 Å². The zero-order valence-electron chi connectivity index (χ0n) is 16.3. The summed E-state index contributed by atoms with van der Waals surface area (Å²) in [6.45, 7) is 7.27. The molecule has 0 spiro atoms. The highest BCUT2D eigenvalue weighted by molar-refractivity contribution is 9.10. The first-order chi connectivity index (χ1) is 13.4. The second kappa shape index (κ2) is 7.64. The van der Waals surface area contributed by atoms with Gasteiger partial charge < -0.3 is 9.64 Å². The number of morpholine rings is 1. The Morgan fingerprint density at radius 1 is 1.11 bits per heavy atom. The van der Waals surface area contributed by atoms with Crippen LogP contribution in [0.4, 0.5) is 0 Å². The summed E-state index contributed by atoms with van der Waals surface area (Å²) in [6, 6.07) is 16.0. The third-order valence-corrected chi connectivity index (χ3v) is 5.52. The van der Waals surface area contributed by atoms with Crippen LogP contribution in [0.25, 0.3) is 22.2 Å². The van der Waals surface area contributed by atoms with Gasteiger partial charge in [0.05, 0.1) is 29.0 Å². The van der Waals surface area contributed by atoms with Crippen LogP contribution in [0.3, 0.4) is 0 Å². The van der Waals surface area contributed by atoms with Gasteiger partial charge in [0.15, 0.2) is 0 Å². The van der Waals surface area contributed by atoms with E-state index in [-0.39, 0.29) is 18.1 Å². The van der Waals surface area contributed by atoms with Crippen LogP contribution in [0.15, 0.2) is 53.0 Å². The molecule has 2 aromatic carbocycles. The summed E-state index contributed by atoms with van der Waals surface area (Å²) in [5.41, 5.74) is 4.50. The lowest BCUT2D eigenvalue weighted by Gasteiger charge is -2.35. The fourth-order valence-corrected chi connectivity index (χ4v) is 4.20. The number of rotatable bonds is 2. The van der Waals surface area contributed by atoms with Crippen molar-refractivity contribution in [1.82, 2.24) is 9.88 Å². The number of carbonyl (C=O) groups excluding carboxylic acids is 1. The van der Waals surface area contributed by atoms with E-state index in [0.717, 1.165) is 26.6 Å². The summed E-state index contributed by atoms with van der Waals surface area (Å²) >= 11 is 3.53. The maximum Gasteiger partial charge on any atom is 0.254 e. The topological polar surface area (TPSA) is 42.4 Å². The molecule has 28 heavy (non-hydrogen) atoms. The predicted molar refractivity (Wildman–Crippen MR) is 116 cm³/mol. The van der Waals surface area contributed by atoms with Crippen molar-refractivity contribution < 1.29 is 9.53 Å². The monoisotopic (exact) mass is 438 g/mol. The lowest BCUT2D eigenvalue weighted by Crippen LogP contribution is -2.48. The number of benzene rings is 2. The van der Waals surface area contributed by atoms with Crippen LogP contribution in [-0.4, -0.2) is 41.1 Å². The van der Waals surface area contributed by atoms with E-state index in [1.54, 1.807) is 0 Å². The molecule has 4 nitrogen and oxygen atoms in total. The lowest BCUT2D eigenvalue weighted by atomic mass is 10.0. The lowest BCUT2D eigenvalue weighted by molar-refractivity contribution is -0.0585. The largest absolute Gasteiger partial charge is 0.372 e. The average molecular weight is 439 g/mol. The predicted octanol–water partition coefficient (Wildman–Crippen LogP) is 5.22. The highest BCUT2D eigenvalue weighted by Gasteiger charge is 2.28. The van der Waals surface area contributed by atoms with E-state index >= 15 is 0 Å². The molecule has 2 heterocycles. The average Bonchev–Trinajstić information content (AvgIpc) is 2.66. The minimum Gasteiger partial charge on any atom is -0.372 e. The van der Waals surface area contributed by atoms with Crippen LogP contribution >= 0.6 is 15.9 Å². The molecule has 0 aliphatic carbocycles. The minimum absolute atomic E-state index is 0.0291. The van der Waals surface area contributed by atoms with E-state index in [1.165, 1.54) is 5.56 Å².